The number of carbonyl (C=O) groups excluding carboxylic acids is 2. The van der Waals surface area contributed by atoms with E-state index in [1.54, 1.807) is 45.2 Å². The molecular formula is C16H18ClN3O3. The number of aromatic nitrogens is 1. The second kappa shape index (κ2) is 7.28. The molecule has 2 rings (SSSR count). The van der Waals surface area contributed by atoms with E-state index in [2.05, 4.69) is 10.5 Å². The summed E-state index contributed by atoms with van der Waals surface area (Å²) in [6, 6.07) is 6.77. The van der Waals surface area contributed by atoms with Crippen molar-refractivity contribution in [1.29, 1.82) is 0 Å². The Bertz CT molecular complexity index is 690. The van der Waals surface area contributed by atoms with Crippen LogP contribution in [0.2, 0.25) is 5.02 Å². The van der Waals surface area contributed by atoms with Crippen molar-refractivity contribution < 1.29 is 14.1 Å². The number of likely N-dealkylation sites (N-methyl/N-ethyl adjacent to an activating group) is 1. The lowest BCUT2D eigenvalue weighted by Gasteiger charge is -2.16. The molecule has 0 saturated heterocycles. The SMILES string of the molecule is Cc1noc(C)c1CC(=O)N(C)CC(=O)Nc1ccc(Cl)cc1. The standard InChI is InChI=1S/C16H18ClN3O3/c1-10-14(11(2)23-19-10)8-16(22)20(3)9-15(21)18-13-6-4-12(17)5-7-13/h4-7H,8-9H2,1-3H3,(H,18,21). The molecule has 0 aliphatic rings. The molecule has 0 aliphatic carbocycles. The van der Waals surface area contributed by atoms with E-state index in [1.807, 2.05) is 0 Å². The number of anilines is 1. The second-order valence-corrected chi connectivity index (χ2v) is 5.72. The van der Waals surface area contributed by atoms with Gasteiger partial charge in [0, 0.05) is 23.3 Å². The van der Waals surface area contributed by atoms with Crippen LogP contribution >= 0.6 is 11.6 Å². The smallest absolute Gasteiger partial charge is 0.243 e. The minimum absolute atomic E-state index is 0.0369. The van der Waals surface area contributed by atoms with Crippen LogP contribution in [0.5, 0.6) is 0 Å². The maximum absolute atomic E-state index is 12.2. The third kappa shape index (κ3) is 4.56. The number of aryl methyl sites for hydroxylation is 2. The first-order valence-corrected chi connectivity index (χ1v) is 7.45. The molecule has 0 spiro atoms. The summed E-state index contributed by atoms with van der Waals surface area (Å²) < 4.78 is 5.03. The summed E-state index contributed by atoms with van der Waals surface area (Å²) in [6.07, 6.45) is 0.159. The zero-order valence-corrected chi connectivity index (χ0v) is 14.0. The van der Waals surface area contributed by atoms with Crippen molar-refractivity contribution in [2.45, 2.75) is 20.3 Å². The molecule has 2 amide bonds. The molecule has 7 heteroatoms. The molecule has 1 aromatic carbocycles. The molecule has 1 aromatic heterocycles. The quantitative estimate of drug-likeness (QED) is 0.911. The Morgan fingerprint density at radius 2 is 1.91 bits per heavy atom. The normalized spacial score (nSPS) is 10.4. The Kier molecular flexibility index (Phi) is 5.39. The van der Waals surface area contributed by atoms with Crippen LogP contribution in [-0.4, -0.2) is 35.5 Å². The maximum Gasteiger partial charge on any atom is 0.243 e. The second-order valence-electron chi connectivity index (χ2n) is 5.28. The van der Waals surface area contributed by atoms with Gasteiger partial charge in [-0.2, -0.15) is 0 Å². The number of benzene rings is 1. The van der Waals surface area contributed by atoms with Gasteiger partial charge in [0.05, 0.1) is 18.7 Å². The summed E-state index contributed by atoms with van der Waals surface area (Å²) >= 11 is 5.79. The van der Waals surface area contributed by atoms with Gasteiger partial charge in [-0.25, -0.2) is 0 Å². The van der Waals surface area contributed by atoms with E-state index in [9.17, 15) is 9.59 Å². The van der Waals surface area contributed by atoms with Crippen LogP contribution in [-0.2, 0) is 16.0 Å². The van der Waals surface area contributed by atoms with Gasteiger partial charge in [0.15, 0.2) is 0 Å². The molecule has 0 radical (unpaired) electrons. The Morgan fingerprint density at radius 1 is 1.26 bits per heavy atom. The fraction of sp³-hybridized carbons (Fsp3) is 0.312. The van der Waals surface area contributed by atoms with Crippen molar-refractivity contribution in [2.75, 3.05) is 18.9 Å². The molecule has 122 valence electrons. The molecule has 0 saturated carbocycles. The van der Waals surface area contributed by atoms with E-state index in [0.29, 0.717) is 22.2 Å². The molecule has 1 heterocycles. The van der Waals surface area contributed by atoms with Crippen LogP contribution in [0.15, 0.2) is 28.8 Å². The van der Waals surface area contributed by atoms with Crippen LogP contribution in [0, 0.1) is 13.8 Å². The van der Waals surface area contributed by atoms with Crippen molar-refractivity contribution >= 4 is 29.1 Å². The van der Waals surface area contributed by atoms with Crippen LogP contribution in [0.25, 0.3) is 0 Å². The highest BCUT2D eigenvalue weighted by Gasteiger charge is 2.18. The van der Waals surface area contributed by atoms with Gasteiger partial charge < -0.3 is 14.7 Å². The van der Waals surface area contributed by atoms with Gasteiger partial charge in [0.2, 0.25) is 11.8 Å². The van der Waals surface area contributed by atoms with Gasteiger partial charge in [-0.1, -0.05) is 16.8 Å². The maximum atomic E-state index is 12.2. The Balaban J connectivity index is 1.90. The highest BCUT2D eigenvalue weighted by molar-refractivity contribution is 6.30. The topological polar surface area (TPSA) is 75.4 Å². The van der Waals surface area contributed by atoms with E-state index < -0.39 is 0 Å². The van der Waals surface area contributed by atoms with Gasteiger partial charge in [0.1, 0.15) is 5.76 Å². The van der Waals surface area contributed by atoms with Crippen LogP contribution < -0.4 is 5.32 Å². The van der Waals surface area contributed by atoms with Crippen LogP contribution in [0.1, 0.15) is 17.0 Å². The van der Waals surface area contributed by atoms with Crippen molar-refractivity contribution in [3.05, 3.63) is 46.3 Å². The Labute approximate surface area is 139 Å². The van der Waals surface area contributed by atoms with Crippen molar-refractivity contribution in [3.8, 4) is 0 Å². The lowest BCUT2D eigenvalue weighted by atomic mass is 10.1. The van der Waals surface area contributed by atoms with E-state index in [4.69, 9.17) is 16.1 Å². The van der Waals surface area contributed by atoms with Gasteiger partial charge in [-0.15, -0.1) is 0 Å². The summed E-state index contributed by atoms with van der Waals surface area (Å²) in [6.45, 7) is 3.51. The lowest BCUT2D eigenvalue weighted by molar-refractivity contribution is -0.132. The number of halogens is 1. The van der Waals surface area contributed by atoms with E-state index in [-0.39, 0.29) is 24.8 Å². The molecule has 2 aromatic rings. The van der Waals surface area contributed by atoms with Crippen molar-refractivity contribution in [1.82, 2.24) is 10.1 Å². The summed E-state index contributed by atoms with van der Waals surface area (Å²) in [5, 5.41) is 7.12. The highest BCUT2D eigenvalue weighted by Crippen LogP contribution is 2.15. The van der Waals surface area contributed by atoms with Gasteiger partial charge >= 0.3 is 0 Å². The highest BCUT2D eigenvalue weighted by atomic mass is 35.5. The van der Waals surface area contributed by atoms with Crippen LogP contribution in [0.4, 0.5) is 5.69 Å². The number of carbonyl (C=O) groups is 2. The van der Waals surface area contributed by atoms with Gasteiger partial charge in [0.25, 0.3) is 0 Å². The number of rotatable bonds is 5. The number of nitrogens with one attached hydrogen (secondary N) is 1. The van der Waals surface area contributed by atoms with E-state index in [1.165, 1.54) is 4.90 Å². The predicted molar refractivity (Wildman–Crippen MR) is 87.4 cm³/mol. The fourth-order valence-corrected chi connectivity index (χ4v) is 2.20. The number of amides is 2. The van der Waals surface area contributed by atoms with Gasteiger partial charge in [-0.05, 0) is 38.1 Å². The molecule has 0 unspecified atom stereocenters. The van der Waals surface area contributed by atoms with Crippen LogP contribution in [0.3, 0.4) is 0 Å². The molecule has 0 atom stereocenters. The molecule has 0 bridgehead atoms. The van der Waals surface area contributed by atoms with Crippen molar-refractivity contribution in [2.24, 2.45) is 0 Å². The minimum Gasteiger partial charge on any atom is -0.361 e. The zero-order chi connectivity index (χ0) is 17.0. The molecular weight excluding hydrogens is 318 g/mol. The third-order valence-corrected chi connectivity index (χ3v) is 3.70. The van der Waals surface area contributed by atoms with Crippen molar-refractivity contribution in [3.63, 3.8) is 0 Å². The number of hydrogen-bond donors (Lipinski definition) is 1. The summed E-state index contributed by atoms with van der Waals surface area (Å²) in [5.74, 6) is 0.169. The number of nitrogens with zero attached hydrogens (tertiary/aromatic N) is 2. The van der Waals surface area contributed by atoms with E-state index in [0.717, 1.165) is 5.56 Å². The summed E-state index contributed by atoms with van der Waals surface area (Å²) in [7, 11) is 1.59. The van der Waals surface area contributed by atoms with E-state index >= 15 is 0 Å². The fourth-order valence-electron chi connectivity index (χ4n) is 2.08. The molecule has 0 aliphatic heterocycles. The van der Waals surface area contributed by atoms with Gasteiger partial charge in [-0.3, -0.25) is 9.59 Å². The third-order valence-electron chi connectivity index (χ3n) is 3.44. The summed E-state index contributed by atoms with van der Waals surface area (Å²) in [4.78, 5) is 25.6. The predicted octanol–water partition coefficient (Wildman–Crippen LogP) is 2.58. The monoisotopic (exact) mass is 335 g/mol. The first-order valence-electron chi connectivity index (χ1n) is 7.08. The first-order chi connectivity index (χ1) is 10.9. The first kappa shape index (κ1) is 17.0. The average Bonchev–Trinajstić information content (AvgIpc) is 2.81. The molecule has 23 heavy (non-hydrogen) atoms. The Hall–Kier alpha value is -2.34. The molecule has 6 nitrogen and oxygen atoms in total. The minimum atomic E-state index is -0.276. The molecule has 0 fully saturated rings. The lowest BCUT2D eigenvalue weighted by Crippen LogP contribution is -2.35. The summed E-state index contributed by atoms with van der Waals surface area (Å²) in [5.41, 5.74) is 2.08. The number of hydrogen-bond acceptors (Lipinski definition) is 4. The average molecular weight is 336 g/mol. The Morgan fingerprint density at radius 3 is 2.48 bits per heavy atom. The zero-order valence-electron chi connectivity index (χ0n) is 13.2. The molecule has 1 N–H and O–H groups in total. The largest absolute Gasteiger partial charge is 0.361 e.